The van der Waals surface area contributed by atoms with E-state index in [2.05, 4.69) is 39.5 Å². The van der Waals surface area contributed by atoms with Gasteiger partial charge in [0, 0.05) is 12.8 Å². The minimum atomic E-state index is 0.788. The maximum absolute atomic E-state index is 3.25. The predicted octanol–water partition coefficient (Wildman–Crippen LogP) is 3.86. The van der Waals surface area contributed by atoms with Crippen LogP contribution in [0.25, 0.3) is 0 Å². The van der Waals surface area contributed by atoms with E-state index < -0.39 is 0 Å². The third-order valence-corrected chi connectivity index (χ3v) is 2.27. The van der Waals surface area contributed by atoms with Gasteiger partial charge in [0.25, 0.3) is 0 Å². The summed E-state index contributed by atoms with van der Waals surface area (Å²) in [4.78, 5) is 0. The first-order valence-electron chi connectivity index (χ1n) is 5.18. The van der Waals surface area contributed by atoms with Gasteiger partial charge in [0.05, 0.1) is 0 Å². The van der Waals surface area contributed by atoms with E-state index in [0.717, 1.165) is 24.7 Å². The largest absolute Gasteiger partial charge is 0.104 e. The molecule has 1 unspecified atom stereocenters. The van der Waals surface area contributed by atoms with Crippen LogP contribution in [0, 0.1) is 23.7 Å². The highest BCUT2D eigenvalue weighted by Crippen LogP contribution is 2.19. The third-order valence-electron chi connectivity index (χ3n) is 2.27. The molecule has 0 saturated carbocycles. The first-order valence-corrected chi connectivity index (χ1v) is 5.18. The highest BCUT2D eigenvalue weighted by molar-refractivity contribution is 4.99. The number of rotatable bonds is 4. The summed E-state index contributed by atoms with van der Waals surface area (Å²) in [5.41, 5.74) is 0. The lowest BCUT2D eigenvalue weighted by Crippen LogP contribution is -2.07. The highest BCUT2D eigenvalue weighted by Gasteiger charge is 2.09. The Bertz CT molecular complexity index is 145. The normalized spacial score (nSPS) is 12.4. The van der Waals surface area contributed by atoms with Gasteiger partial charge < -0.3 is 0 Å². The first-order chi connectivity index (χ1) is 5.72. The summed E-state index contributed by atoms with van der Waals surface area (Å²) < 4.78 is 0. The molecular weight excluding hydrogens is 144 g/mol. The van der Waals surface area contributed by atoms with Crippen LogP contribution in [0.1, 0.15) is 53.4 Å². The van der Waals surface area contributed by atoms with Crippen molar-refractivity contribution in [1.29, 1.82) is 0 Å². The summed E-state index contributed by atoms with van der Waals surface area (Å²) in [6.45, 7) is 8.96. The predicted molar refractivity (Wildman–Crippen MR) is 55.9 cm³/mol. The van der Waals surface area contributed by atoms with E-state index in [-0.39, 0.29) is 0 Å². The SMILES string of the molecule is CCC#CCC(CCC)C(C)C. The van der Waals surface area contributed by atoms with Crippen molar-refractivity contribution in [2.45, 2.75) is 53.4 Å². The molecule has 12 heavy (non-hydrogen) atoms. The second kappa shape index (κ2) is 7.22. The van der Waals surface area contributed by atoms with Crippen molar-refractivity contribution in [3.05, 3.63) is 0 Å². The summed E-state index contributed by atoms with van der Waals surface area (Å²) in [7, 11) is 0. The lowest BCUT2D eigenvalue weighted by Gasteiger charge is -2.16. The van der Waals surface area contributed by atoms with Crippen molar-refractivity contribution in [3.63, 3.8) is 0 Å². The highest BCUT2D eigenvalue weighted by atomic mass is 14.1. The molecule has 0 heterocycles. The Balaban J connectivity index is 3.78. The number of hydrogen-bond donors (Lipinski definition) is 0. The summed E-state index contributed by atoms with van der Waals surface area (Å²) in [6.07, 6.45) is 4.71. The Morgan fingerprint density at radius 2 is 1.75 bits per heavy atom. The molecule has 0 aromatic carbocycles. The van der Waals surface area contributed by atoms with Gasteiger partial charge in [-0.25, -0.2) is 0 Å². The van der Waals surface area contributed by atoms with Gasteiger partial charge in [0.1, 0.15) is 0 Å². The summed E-state index contributed by atoms with van der Waals surface area (Å²) in [5, 5.41) is 0. The summed E-state index contributed by atoms with van der Waals surface area (Å²) in [5.74, 6) is 8.00. The van der Waals surface area contributed by atoms with Crippen LogP contribution in [0.2, 0.25) is 0 Å². The average Bonchev–Trinajstić information content (AvgIpc) is 2.03. The lowest BCUT2D eigenvalue weighted by molar-refractivity contribution is 0.364. The maximum atomic E-state index is 3.25. The van der Waals surface area contributed by atoms with Crippen molar-refractivity contribution < 1.29 is 0 Å². The quantitative estimate of drug-likeness (QED) is 0.556. The van der Waals surface area contributed by atoms with Crippen LogP contribution in [0.5, 0.6) is 0 Å². The minimum Gasteiger partial charge on any atom is -0.104 e. The first kappa shape index (κ1) is 11.6. The zero-order valence-electron chi connectivity index (χ0n) is 8.98. The molecule has 0 N–H and O–H groups in total. The van der Waals surface area contributed by atoms with Crippen LogP contribution in [0.3, 0.4) is 0 Å². The zero-order valence-corrected chi connectivity index (χ0v) is 8.98. The maximum Gasteiger partial charge on any atom is 0.0119 e. The Morgan fingerprint density at radius 1 is 1.08 bits per heavy atom. The topological polar surface area (TPSA) is 0 Å². The van der Waals surface area contributed by atoms with E-state index >= 15 is 0 Å². The second-order valence-corrected chi connectivity index (χ2v) is 3.70. The monoisotopic (exact) mass is 166 g/mol. The Morgan fingerprint density at radius 3 is 2.17 bits per heavy atom. The molecule has 0 radical (unpaired) electrons. The molecule has 0 aliphatic heterocycles. The lowest BCUT2D eigenvalue weighted by atomic mass is 9.89. The van der Waals surface area contributed by atoms with Gasteiger partial charge in [-0.1, -0.05) is 34.1 Å². The molecule has 0 saturated heterocycles. The van der Waals surface area contributed by atoms with Crippen molar-refractivity contribution in [3.8, 4) is 11.8 Å². The molecule has 0 aromatic rings. The zero-order chi connectivity index (χ0) is 9.40. The van der Waals surface area contributed by atoms with Crippen molar-refractivity contribution in [2.75, 3.05) is 0 Å². The van der Waals surface area contributed by atoms with Crippen molar-refractivity contribution >= 4 is 0 Å². The van der Waals surface area contributed by atoms with E-state index in [4.69, 9.17) is 0 Å². The molecule has 0 aliphatic carbocycles. The molecular formula is C12H22. The summed E-state index contributed by atoms with van der Waals surface area (Å²) in [6, 6.07) is 0. The molecule has 0 nitrogen and oxygen atoms in total. The average molecular weight is 166 g/mol. The van der Waals surface area contributed by atoms with Crippen LogP contribution in [-0.4, -0.2) is 0 Å². The van der Waals surface area contributed by atoms with E-state index in [1.807, 2.05) is 0 Å². The number of hydrogen-bond acceptors (Lipinski definition) is 0. The molecule has 1 atom stereocenters. The van der Waals surface area contributed by atoms with Crippen LogP contribution in [0.15, 0.2) is 0 Å². The summed E-state index contributed by atoms with van der Waals surface area (Å²) >= 11 is 0. The fraction of sp³-hybridized carbons (Fsp3) is 0.833. The van der Waals surface area contributed by atoms with Gasteiger partial charge >= 0.3 is 0 Å². The van der Waals surface area contributed by atoms with Crippen LogP contribution >= 0.6 is 0 Å². The molecule has 0 aliphatic rings. The van der Waals surface area contributed by atoms with Gasteiger partial charge in [-0.05, 0) is 18.3 Å². The Labute approximate surface area is 77.8 Å². The van der Waals surface area contributed by atoms with Gasteiger partial charge in [0.2, 0.25) is 0 Å². The van der Waals surface area contributed by atoms with E-state index in [0.29, 0.717) is 0 Å². The second-order valence-electron chi connectivity index (χ2n) is 3.70. The molecule has 0 amide bonds. The fourth-order valence-electron chi connectivity index (χ4n) is 1.37. The molecule has 0 rings (SSSR count). The standard InChI is InChI=1S/C12H22/c1-5-7-8-10-12(9-6-2)11(3)4/h11-12H,5-6,9-10H2,1-4H3. The van der Waals surface area contributed by atoms with Crippen LogP contribution in [-0.2, 0) is 0 Å². The minimum absolute atomic E-state index is 0.788. The van der Waals surface area contributed by atoms with E-state index in [1.54, 1.807) is 0 Å². The third kappa shape index (κ3) is 5.24. The van der Waals surface area contributed by atoms with Crippen LogP contribution < -0.4 is 0 Å². The van der Waals surface area contributed by atoms with Gasteiger partial charge in [-0.15, -0.1) is 11.8 Å². The fourth-order valence-corrected chi connectivity index (χ4v) is 1.37. The Kier molecular flexibility index (Phi) is 6.96. The van der Waals surface area contributed by atoms with Gasteiger partial charge in [-0.3, -0.25) is 0 Å². The molecule has 0 fully saturated rings. The molecule has 0 spiro atoms. The van der Waals surface area contributed by atoms with Crippen LogP contribution in [0.4, 0.5) is 0 Å². The van der Waals surface area contributed by atoms with Gasteiger partial charge in [-0.2, -0.15) is 0 Å². The molecule has 70 valence electrons. The van der Waals surface area contributed by atoms with E-state index in [1.165, 1.54) is 12.8 Å². The molecule has 0 bridgehead atoms. The molecule has 0 aromatic heterocycles. The molecule has 0 heteroatoms. The Hall–Kier alpha value is -0.440. The van der Waals surface area contributed by atoms with Crippen molar-refractivity contribution in [1.82, 2.24) is 0 Å². The van der Waals surface area contributed by atoms with Crippen molar-refractivity contribution in [2.24, 2.45) is 11.8 Å². The smallest absolute Gasteiger partial charge is 0.0119 e. The van der Waals surface area contributed by atoms with Gasteiger partial charge in [0.15, 0.2) is 0 Å². The van der Waals surface area contributed by atoms with E-state index in [9.17, 15) is 0 Å².